The predicted molar refractivity (Wildman–Crippen MR) is 93.1 cm³/mol. The molecular formula is C18H29ClO3. The Morgan fingerprint density at radius 1 is 1.14 bits per heavy atom. The van der Waals surface area contributed by atoms with E-state index in [-0.39, 0.29) is 23.2 Å². The first-order valence-electron chi connectivity index (χ1n) is 7.55. The molecule has 4 heteroatoms. The maximum Gasteiger partial charge on any atom is 0.344 e. The van der Waals surface area contributed by atoms with E-state index in [1.165, 1.54) is 5.56 Å². The number of hydrogen-bond acceptors (Lipinski definition) is 2. The third kappa shape index (κ3) is 6.27. The Balaban J connectivity index is 0.00000441. The fourth-order valence-electron chi connectivity index (χ4n) is 2.89. The van der Waals surface area contributed by atoms with Crippen molar-refractivity contribution in [2.24, 2.45) is 5.41 Å². The number of halogens is 1. The minimum absolute atomic E-state index is 0. The molecule has 0 radical (unpaired) electrons. The minimum Gasteiger partial charge on any atom is -0.479 e. The van der Waals surface area contributed by atoms with Crippen molar-refractivity contribution in [1.82, 2.24) is 0 Å². The Morgan fingerprint density at radius 2 is 1.64 bits per heavy atom. The third-order valence-corrected chi connectivity index (χ3v) is 3.53. The quantitative estimate of drug-likeness (QED) is 0.793. The van der Waals surface area contributed by atoms with E-state index < -0.39 is 12.1 Å². The van der Waals surface area contributed by atoms with Crippen molar-refractivity contribution in [3.63, 3.8) is 0 Å². The lowest BCUT2D eigenvalue weighted by molar-refractivity contribution is -0.145. The Labute approximate surface area is 140 Å². The highest BCUT2D eigenvalue weighted by molar-refractivity contribution is 5.85. The van der Waals surface area contributed by atoms with Gasteiger partial charge >= 0.3 is 5.97 Å². The maximum atomic E-state index is 11.0. The van der Waals surface area contributed by atoms with Gasteiger partial charge in [-0.15, -0.1) is 12.4 Å². The molecule has 1 N–H and O–H groups in total. The molecule has 126 valence electrons. The van der Waals surface area contributed by atoms with Crippen molar-refractivity contribution in [2.45, 2.75) is 65.9 Å². The molecule has 0 aliphatic heterocycles. The molecule has 0 saturated carbocycles. The molecule has 0 heterocycles. The first-order valence-corrected chi connectivity index (χ1v) is 7.55. The lowest BCUT2D eigenvalue weighted by Gasteiger charge is -2.33. The monoisotopic (exact) mass is 328 g/mol. The van der Waals surface area contributed by atoms with Crippen LogP contribution in [0.25, 0.3) is 0 Å². The molecule has 0 spiro atoms. The van der Waals surface area contributed by atoms with E-state index in [1.807, 2.05) is 24.3 Å². The van der Waals surface area contributed by atoms with Crippen LogP contribution in [0.3, 0.4) is 0 Å². The van der Waals surface area contributed by atoms with Crippen molar-refractivity contribution in [2.75, 3.05) is 0 Å². The summed E-state index contributed by atoms with van der Waals surface area (Å²) < 4.78 is 5.49. The Morgan fingerprint density at radius 3 is 2.00 bits per heavy atom. The smallest absolute Gasteiger partial charge is 0.344 e. The van der Waals surface area contributed by atoms with E-state index in [9.17, 15) is 4.79 Å². The van der Waals surface area contributed by atoms with Crippen LogP contribution in [-0.2, 0) is 10.2 Å². The standard InChI is InChI=1S/C18H28O3.ClH/c1-7-15(16(19)20)21-14-10-8-13(9-11-14)18(5,6)12-17(2,3)4;/h8-11,15H,7,12H2,1-6H3,(H,19,20);1H. The number of hydrogen-bond donors (Lipinski definition) is 1. The van der Waals surface area contributed by atoms with E-state index >= 15 is 0 Å². The molecule has 1 aromatic rings. The summed E-state index contributed by atoms with van der Waals surface area (Å²) in [5.41, 5.74) is 1.58. The number of carboxylic acid groups (broad SMARTS) is 1. The molecule has 0 saturated heterocycles. The average Bonchev–Trinajstić information content (AvgIpc) is 2.33. The molecule has 0 fully saturated rings. The minimum atomic E-state index is -0.922. The molecule has 0 aromatic heterocycles. The van der Waals surface area contributed by atoms with Gasteiger partial charge < -0.3 is 9.84 Å². The molecule has 1 atom stereocenters. The maximum absolute atomic E-state index is 11.0. The highest BCUT2D eigenvalue weighted by Gasteiger charge is 2.27. The first kappa shape index (κ1) is 20.8. The third-order valence-electron chi connectivity index (χ3n) is 3.53. The number of carbonyl (C=O) groups is 1. The van der Waals surface area contributed by atoms with Crippen LogP contribution in [0.2, 0.25) is 0 Å². The average molecular weight is 329 g/mol. The zero-order chi connectivity index (χ0) is 16.3. The highest BCUT2D eigenvalue weighted by Crippen LogP contribution is 2.36. The van der Waals surface area contributed by atoms with Gasteiger partial charge in [0.15, 0.2) is 6.10 Å². The summed E-state index contributed by atoms with van der Waals surface area (Å²) in [5.74, 6) is -0.311. The summed E-state index contributed by atoms with van der Waals surface area (Å²) in [6.45, 7) is 13.0. The highest BCUT2D eigenvalue weighted by atomic mass is 35.5. The fourth-order valence-corrected chi connectivity index (χ4v) is 2.89. The largest absolute Gasteiger partial charge is 0.479 e. The van der Waals surface area contributed by atoms with Crippen LogP contribution in [0.5, 0.6) is 5.75 Å². The van der Waals surface area contributed by atoms with Crippen LogP contribution in [0, 0.1) is 5.41 Å². The Kier molecular flexibility index (Phi) is 7.43. The van der Waals surface area contributed by atoms with Gasteiger partial charge in [-0.1, -0.05) is 53.7 Å². The molecule has 0 aliphatic carbocycles. The molecule has 1 unspecified atom stereocenters. The van der Waals surface area contributed by atoms with E-state index in [0.29, 0.717) is 12.2 Å². The van der Waals surface area contributed by atoms with Gasteiger partial charge in [0, 0.05) is 0 Å². The van der Waals surface area contributed by atoms with Gasteiger partial charge in [0.1, 0.15) is 5.75 Å². The molecule has 22 heavy (non-hydrogen) atoms. The number of carboxylic acids is 1. The summed E-state index contributed by atoms with van der Waals surface area (Å²) in [5, 5.41) is 9.02. The zero-order valence-electron chi connectivity index (χ0n) is 14.5. The molecule has 0 aliphatic rings. The van der Waals surface area contributed by atoms with Crippen molar-refractivity contribution in [3.8, 4) is 5.75 Å². The van der Waals surface area contributed by atoms with E-state index in [0.717, 1.165) is 6.42 Å². The van der Waals surface area contributed by atoms with Crippen molar-refractivity contribution in [1.29, 1.82) is 0 Å². The van der Waals surface area contributed by atoms with E-state index in [1.54, 1.807) is 6.92 Å². The lowest BCUT2D eigenvalue weighted by Crippen LogP contribution is -2.26. The van der Waals surface area contributed by atoms with Crippen molar-refractivity contribution < 1.29 is 14.6 Å². The van der Waals surface area contributed by atoms with E-state index in [4.69, 9.17) is 9.84 Å². The van der Waals surface area contributed by atoms with Crippen molar-refractivity contribution >= 4 is 18.4 Å². The lowest BCUT2D eigenvalue weighted by atomic mass is 9.72. The molecule has 1 rings (SSSR count). The summed E-state index contributed by atoms with van der Waals surface area (Å²) in [7, 11) is 0. The first-order chi connectivity index (χ1) is 9.55. The summed E-state index contributed by atoms with van der Waals surface area (Å²) in [6, 6.07) is 7.81. The Hall–Kier alpha value is -1.22. The fraction of sp³-hybridized carbons (Fsp3) is 0.611. The van der Waals surface area contributed by atoms with Gasteiger partial charge in [-0.05, 0) is 41.4 Å². The normalized spacial score (nSPS) is 13.2. The number of rotatable bonds is 6. The topological polar surface area (TPSA) is 46.5 Å². The van der Waals surface area contributed by atoms with Gasteiger partial charge in [-0.3, -0.25) is 0 Å². The van der Waals surface area contributed by atoms with Crippen LogP contribution in [0.4, 0.5) is 0 Å². The van der Waals surface area contributed by atoms with Gasteiger partial charge in [0.2, 0.25) is 0 Å². The molecule has 0 amide bonds. The van der Waals surface area contributed by atoms with Crippen LogP contribution < -0.4 is 4.74 Å². The van der Waals surface area contributed by atoms with Crippen LogP contribution in [0.15, 0.2) is 24.3 Å². The SMILES string of the molecule is CCC(Oc1ccc(C(C)(C)CC(C)(C)C)cc1)C(=O)O.Cl. The van der Waals surface area contributed by atoms with Crippen LogP contribution in [0.1, 0.15) is 59.9 Å². The number of aliphatic carboxylic acids is 1. The predicted octanol–water partition coefficient (Wildman–Crippen LogP) is 5.06. The molecule has 3 nitrogen and oxygen atoms in total. The summed E-state index contributed by atoms with van der Waals surface area (Å²) >= 11 is 0. The van der Waals surface area contributed by atoms with Crippen LogP contribution >= 0.6 is 12.4 Å². The van der Waals surface area contributed by atoms with Crippen LogP contribution in [-0.4, -0.2) is 17.2 Å². The van der Waals surface area contributed by atoms with Gasteiger partial charge in [0.25, 0.3) is 0 Å². The second kappa shape index (κ2) is 7.87. The number of ether oxygens (including phenoxy) is 1. The van der Waals surface area contributed by atoms with Gasteiger partial charge in [-0.25, -0.2) is 4.79 Å². The molecule has 1 aromatic carbocycles. The van der Waals surface area contributed by atoms with Crippen molar-refractivity contribution in [3.05, 3.63) is 29.8 Å². The van der Waals surface area contributed by atoms with Gasteiger partial charge in [-0.2, -0.15) is 0 Å². The van der Waals surface area contributed by atoms with Gasteiger partial charge in [0.05, 0.1) is 0 Å². The Bertz CT molecular complexity index is 472. The second-order valence-corrected chi connectivity index (χ2v) is 7.50. The summed E-state index contributed by atoms with van der Waals surface area (Å²) in [4.78, 5) is 11.0. The zero-order valence-corrected chi connectivity index (χ0v) is 15.3. The van der Waals surface area contributed by atoms with E-state index in [2.05, 4.69) is 34.6 Å². The molecular weight excluding hydrogens is 300 g/mol. The summed E-state index contributed by atoms with van der Waals surface area (Å²) in [6.07, 6.45) is 0.748. The molecule has 0 bridgehead atoms. The second-order valence-electron chi connectivity index (χ2n) is 7.50. The number of benzene rings is 1.